The van der Waals surface area contributed by atoms with E-state index in [9.17, 15) is 12.8 Å². The number of hydrogen-bond donors (Lipinski definition) is 2. The van der Waals surface area contributed by atoms with Gasteiger partial charge in [0.15, 0.2) is 11.5 Å². The molecule has 2 aromatic carbocycles. The van der Waals surface area contributed by atoms with Crippen molar-refractivity contribution in [2.24, 2.45) is 15.7 Å². The van der Waals surface area contributed by atoms with Crippen LogP contribution in [0.25, 0.3) is 11.1 Å². The number of halogens is 1. The van der Waals surface area contributed by atoms with E-state index < -0.39 is 32.8 Å². The van der Waals surface area contributed by atoms with E-state index in [1.54, 1.807) is 36.4 Å². The summed E-state index contributed by atoms with van der Waals surface area (Å²) in [6, 6.07) is 17.6. The molecule has 0 amide bonds. The van der Waals surface area contributed by atoms with Crippen LogP contribution in [-0.4, -0.2) is 59.5 Å². The van der Waals surface area contributed by atoms with Crippen molar-refractivity contribution in [1.82, 2.24) is 9.88 Å². The molecule has 3 aromatic rings. The van der Waals surface area contributed by atoms with Gasteiger partial charge in [-0.25, -0.2) is 9.98 Å². The molecule has 0 radical (unpaired) electrons. The number of hydrogen-bond acceptors (Lipinski definition) is 9. The molecular formula is C28H28FN5O5S. The number of nitrogens with two attached hydrogens (primary N) is 1. The van der Waals surface area contributed by atoms with Gasteiger partial charge in [0.2, 0.25) is 5.95 Å². The average molecular weight is 566 g/mol. The minimum atomic E-state index is -3.63. The van der Waals surface area contributed by atoms with Crippen LogP contribution in [-0.2, 0) is 20.5 Å². The first-order valence-electron chi connectivity index (χ1n) is 12.7. The minimum absolute atomic E-state index is 0.240. The predicted octanol–water partition coefficient (Wildman–Crippen LogP) is 3.53. The van der Waals surface area contributed by atoms with Crippen molar-refractivity contribution in [3.63, 3.8) is 0 Å². The standard InChI is InChI=1S/C26H24FN5O3S.C2H4O2/c27-23-22(6-2-13-29-23)17-4-1-5-19(16-17)26(24-30-14-3-15-32(24)25(28)31-26)18-7-9-20(10-8-18)35-36(33,34)21-11-12-21;1-2(3)4/h1-2,4-10,13,16,21H,3,11-12,14-15H2,(H2,28,31);1H3,(H,3,4). The Morgan fingerprint density at radius 1 is 1.12 bits per heavy atom. The van der Waals surface area contributed by atoms with Crippen LogP contribution in [0, 0.1) is 5.95 Å². The van der Waals surface area contributed by atoms with E-state index in [-0.39, 0.29) is 5.75 Å². The summed E-state index contributed by atoms with van der Waals surface area (Å²) in [5.74, 6) is -0.116. The fourth-order valence-corrected chi connectivity index (χ4v) is 6.03. The van der Waals surface area contributed by atoms with Crippen LogP contribution < -0.4 is 9.92 Å². The lowest BCUT2D eigenvalue weighted by Crippen LogP contribution is -2.46. The van der Waals surface area contributed by atoms with Crippen LogP contribution in [0.15, 0.2) is 76.8 Å². The fraction of sp³-hybridized carbons (Fsp3) is 0.286. The molecule has 0 spiro atoms. The number of guanidine groups is 1. The van der Waals surface area contributed by atoms with Crippen molar-refractivity contribution in [1.29, 1.82) is 0 Å². The van der Waals surface area contributed by atoms with E-state index in [1.807, 2.05) is 29.2 Å². The highest BCUT2D eigenvalue weighted by Gasteiger charge is 2.49. The zero-order valence-corrected chi connectivity index (χ0v) is 22.5. The number of carboxylic acids is 1. The number of carboxylic acid groups (broad SMARTS) is 1. The summed E-state index contributed by atoms with van der Waals surface area (Å²) < 4.78 is 44.4. The Balaban J connectivity index is 0.000000758. The number of aliphatic imine (C=N–C) groups is 2. The molecule has 1 unspecified atom stereocenters. The number of aromatic nitrogens is 1. The molecule has 1 aromatic heterocycles. The molecule has 1 saturated carbocycles. The van der Waals surface area contributed by atoms with Crippen molar-refractivity contribution >= 4 is 27.9 Å². The van der Waals surface area contributed by atoms with Crippen LogP contribution in [0.3, 0.4) is 0 Å². The largest absolute Gasteiger partial charge is 0.481 e. The molecule has 0 saturated heterocycles. The molecule has 12 heteroatoms. The van der Waals surface area contributed by atoms with Gasteiger partial charge in [-0.2, -0.15) is 12.8 Å². The predicted molar refractivity (Wildman–Crippen MR) is 148 cm³/mol. The van der Waals surface area contributed by atoms with Gasteiger partial charge in [-0.3, -0.25) is 14.7 Å². The number of nitrogens with zero attached hydrogens (tertiary/aromatic N) is 4. The maximum atomic E-state index is 14.5. The molecular weight excluding hydrogens is 537 g/mol. The first-order chi connectivity index (χ1) is 19.1. The second-order valence-electron chi connectivity index (χ2n) is 9.63. The lowest BCUT2D eigenvalue weighted by atomic mass is 9.81. The number of pyridine rings is 1. The van der Waals surface area contributed by atoms with E-state index in [0.29, 0.717) is 48.9 Å². The third-order valence-corrected chi connectivity index (χ3v) is 8.42. The van der Waals surface area contributed by atoms with Gasteiger partial charge >= 0.3 is 10.1 Å². The Morgan fingerprint density at radius 2 is 1.85 bits per heavy atom. The van der Waals surface area contributed by atoms with E-state index >= 15 is 0 Å². The first-order valence-corrected chi connectivity index (χ1v) is 14.2. The molecule has 40 heavy (non-hydrogen) atoms. The third-order valence-electron chi connectivity index (χ3n) is 6.71. The number of carbonyl (C=O) groups is 1. The number of fused-ring (bicyclic) bond motifs is 1. The van der Waals surface area contributed by atoms with E-state index in [1.165, 1.54) is 6.20 Å². The van der Waals surface area contributed by atoms with Crippen molar-refractivity contribution in [3.8, 4) is 16.9 Å². The number of benzene rings is 2. The quantitative estimate of drug-likeness (QED) is 0.341. The number of rotatable bonds is 6. The normalized spacial score (nSPS) is 20.0. The van der Waals surface area contributed by atoms with Gasteiger partial charge in [-0.1, -0.05) is 30.3 Å². The van der Waals surface area contributed by atoms with Crippen LogP contribution in [0.2, 0.25) is 0 Å². The average Bonchev–Trinajstić information content (AvgIpc) is 3.75. The van der Waals surface area contributed by atoms with Crippen molar-refractivity contribution < 1.29 is 26.9 Å². The highest BCUT2D eigenvalue weighted by molar-refractivity contribution is 7.88. The van der Waals surface area contributed by atoms with E-state index in [4.69, 9.17) is 29.8 Å². The highest BCUT2D eigenvalue weighted by atomic mass is 32.2. The van der Waals surface area contributed by atoms with Gasteiger partial charge in [0, 0.05) is 31.8 Å². The molecule has 6 rings (SSSR count). The number of aliphatic carboxylic acids is 1. The summed E-state index contributed by atoms with van der Waals surface area (Å²) in [4.78, 5) is 24.4. The molecule has 3 heterocycles. The first kappa shape index (κ1) is 27.3. The Kier molecular flexibility index (Phi) is 7.28. The van der Waals surface area contributed by atoms with Gasteiger partial charge in [0.25, 0.3) is 5.97 Å². The lowest BCUT2D eigenvalue weighted by molar-refractivity contribution is -0.134. The molecule has 0 bridgehead atoms. The molecule has 10 nitrogen and oxygen atoms in total. The third kappa shape index (κ3) is 5.26. The van der Waals surface area contributed by atoms with Gasteiger partial charge in [0.1, 0.15) is 11.6 Å². The summed E-state index contributed by atoms with van der Waals surface area (Å²) in [5.41, 5.74) is 7.84. The molecule has 1 aliphatic carbocycles. The van der Waals surface area contributed by atoms with Crippen molar-refractivity contribution in [2.75, 3.05) is 13.1 Å². The van der Waals surface area contributed by atoms with Crippen molar-refractivity contribution in [3.05, 3.63) is 83.9 Å². The van der Waals surface area contributed by atoms with Gasteiger partial charge < -0.3 is 15.0 Å². The summed E-state index contributed by atoms with van der Waals surface area (Å²) in [7, 11) is -3.63. The minimum Gasteiger partial charge on any atom is -0.481 e. The SMILES string of the molecule is CC(=O)O.NC1=NC(c2ccc(OS(=O)(=O)C3CC3)cc2)(c2cccc(-c3cccnc3F)c2)C2=NCCCN12. The summed E-state index contributed by atoms with van der Waals surface area (Å²) in [6.45, 7) is 2.40. The van der Waals surface area contributed by atoms with Gasteiger partial charge in [-0.05, 0) is 66.3 Å². The number of amidine groups is 1. The molecule has 2 aliphatic heterocycles. The lowest BCUT2D eigenvalue weighted by Gasteiger charge is -2.33. The van der Waals surface area contributed by atoms with Crippen LogP contribution in [0.1, 0.15) is 37.3 Å². The zero-order valence-electron chi connectivity index (χ0n) is 21.7. The molecule has 1 atom stereocenters. The van der Waals surface area contributed by atoms with Crippen LogP contribution in [0.5, 0.6) is 5.75 Å². The Labute approximate surface area is 231 Å². The fourth-order valence-electron chi connectivity index (χ4n) is 4.80. The highest BCUT2D eigenvalue weighted by Crippen LogP contribution is 2.43. The molecule has 3 N–H and O–H groups in total. The summed E-state index contributed by atoms with van der Waals surface area (Å²) in [5, 5.41) is 6.99. The summed E-state index contributed by atoms with van der Waals surface area (Å²) in [6.07, 6.45) is 3.51. The Bertz CT molecular complexity index is 1600. The molecule has 1 fully saturated rings. The van der Waals surface area contributed by atoms with Gasteiger partial charge in [0.05, 0.1) is 5.25 Å². The van der Waals surface area contributed by atoms with Crippen LogP contribution in [0.4, 0.5) is 4.39 Å². The van der Waals surface area contributed by atoms with E-state index in [2.05, 4.69) is 4.98 Å². The molecule has 208 valence electrons. The van der Waals surface area contributed by atoms with E-state index in [0.717, 1.165) is 24.5 Å². The summed E-state index contributed by atoms with van der Waals surface area (Å²) >= 11 is 0. The van der Waals surface area contributed by atoms with Gasteiger partial charge in [-0.15, -0.1) is 0 Å². The monoisotopic (exact) mass is 565 g/mol. The zero-order chi connectivity index (χ0) is 28.5. The van der Waals surface area contributed by atoms with Crippen molar-refractivity contribution in [2.45, 2.75) is 37.0 Å². The Hall–Kier alpha value is -4.32. The van der Waals surface area contributed by atoms with Crippen LogP contribution >= 0.6 is 0 Å². The molecule has 3 aliphatic rings. The smallest absolute Gasteiger partial charge is 0.312 e. The maximum absolute atomic E-state index is 14.5. The Morgan fingerprint density at radius 3 is 2.52 bits per heavy atom. The second-order valence-corrected chi connectivity index (χ2v) is 11.5. The maximum Gasteiger partial charge on any atom is 0.312 e. The topological polar surface area (TPSA) is 148 Å². The second kappa shape index (κ2) is 10.7.